The van der Waals surface area contributed by atoms with Crippen molar-refractivity contribution in [3.63, 3.8) is 0 Å². The number of ether oxygens (including phenoxy) is 3. The van der Waals surface area contributed by atoms with E-state index in [2.05, 4.69) is 0 Å². The van der Waals surface area contributed by atoms with Gasteiger partial charge in [-0.25, -0.2) is 0 Å². The fraction of sp³-hybridized carbons (Fsp3) is 1.00. The van der Waals surface area contributed by atoms with Gasteiger partial charge in [0, 0.05) is 0 Å². The molecular formula is C8H19NO4. The molecule has 3 N–H and O–H groups in total. The van der Waals surface area contributed by atoms with Crippen LogP contribution in [-0.2, 0) is 14.2 Å². The Bertz CT molecular complexity index is 100. The third-order valence-corrected chi connectivity index (χ3v) is 1.22. The Morgan fingerprint density at radius 3 is 2.15 bits per heavy atom. The average molecular weight is 193 g/mol. The molecule has 80 valence electrons. The molecule has 0 bridgehead atoms. The van der Waals surface area contributed by atoms with E-state index < -0.39 is 0 Å². The van der Waals surface area contributed by atoms with Crippen LogP contribution in [0.2, 0.25) is 0 Å². The van der Waals surface area contributed by atoms with Crippen LogP contribution < -0.4 is 5.73 Å². The molecule has 13 heavy (non-hydrogen) atoms. The lowest BCUT2D eigenvalue weighted by Crippen LogP contribution is -2.21. The lowest BCUT2D eigenvalue weighted by Gasteiger charge is -2.07. The maximum atomic E-state index is 8.37. The molecule has 0 amide bonds. The highest BCUT2D eigenvalue weighted by molar-refractivity contribution is 4.35. The zero-order valence-electron chi connectivity index (χ0n) is 8.07. The van der Waals surface area contributed by atoms with Crippen LogP contribution in [0.15, 0.2) is 0 Å². The van der Waals surface area contributed by atoms with Gasteiger partial charge in [0.1, 0.15) is 6.23 Å². The summed E-state index contributed by atoms with van der Waals surface area (Å²) in [5.41, 5.74) is 5.34. The predicted molar refractivity (Wildman–Crippen MR) is 48.3 cm³/mol. The molecule has 0 radical (unpaired) electrons. The summed E-state index contributed by atoms with van der Waals surface area (Å²) in [5, 5.41) is 8.37. The fourth-order valence-electron chi connectivity index (χ4n) is 0.679. The molecule has 0 aliphatic heterocycles. The molecule has 0 aromatic heterocycles. The van der Waals surface area contributed by atoms with Gasteiger partial charge in [-0.1, -0.05) is 0 Å². The molecule has 0 saturated carbocycles. The second-order valence-electron chi connectivity index (χ2n) is 2.52. The Balaban J connectivity index is 2.84. The largest absolute Gasteiger partial charge is 0.394 e. The van der Waals surface area contributed by atoms with Gasteiger partial charge in [0.05, 0.1) is 39.6 Å². The molecular weight excluding hydrogens is 174 g/mol. The number of hydrogen-bond donors (Lipinski definition) is 2. The number of hydrogen-bond acceptors (Lipinski definition) is 5. The molecule has 1 unspecified atom stereocenters. The minimum Gasteiger partial charge on any atom is -0.394 e. The van der Waals surface area contributed by atoms with E-state index in [4.69, 9.17) is 25.1 Å². The minimum atomic E-state index is -0.241. The molecule has 5 heteroatoms. The quantitative estimate of drug-likeness (QED) is 0.375. The van der Waals surface area contributed by atoms with Crippen LogP contribution in [0.5, 0.6) is 0 Å². The van der Waals surface area contributed by atoms with E-state index in [1.807, 2.05) is 0 Å². The second-order valence-corrected chi connectivity index (χ2v) is 2.52. The van der Waals surface area contributed by atoms with Crippen molar-refractivity contribution in [1.82, 2.24) is 0 Å². The Hall–Kier alpha value is -0.200. The van der Waals surface area contributed by atoms with E-state index >= 15 is 0 Å². The highest BCUT2D eigenvalue weighted by Crippen LogP contribution is 1.82. The lowest BCUT2D eigenvalue weighted by molar-refractivity contribution is -0.00828. The van der Waals surface area contributed by atoms with Gasteiger partial charge in [0.15, 0.2) is 0 Å². The van der Waals surface area contributed by atoms with Gasteiger partial charge in [0.2, 0.25) is 0 Å². The summed E-state index contributed by atoms with van der Waals surface area (Å²) in [6, 6.07) is 0. The topological polar surface area (TPSA) is 73.9 Å². The average Bonchev–Trinajstić information content (AvgIpc) is 2.09. The first-order valence-corrected chi connectivity index (χ1v) is 4.41. The second kappa shape index (κ2) is 9.88. The molecule has 0 spiro atoms. The van der Waals surface area contributed by atoms with Crippen LogP contribution in [0, 0.1) is 0 Å². The van der Waals surface area contributed by atoms with E-state index in [1.165, 1.54) is 0 Å². The maximum Gasteiger partial charge on any atom is 0.102 e. The molecule has 0 aromatic rings. The summed E-state index contributed by atoms with van der Waals surface area (Å²) in [5.74, 6) is 0. The standard InChI is InChI=1S/C8H19NO4/c1-8(9)13-7-6-12-5-4-11-3-2-10/h8,10H,2-7,9H2,1H3. The van der Waals surface area contributed by atoms with Crippen molar-refractivity contribution in [3.05, 3.63) is 0 Å². The van der Waals surface area contributed by atoms with Gasteiger partial charge in [-0.05, 0) is 6.92 Å². The Kier molecular flexibility index (Phi) is 9.73. The zero-order valence-corrected chi connectivity index (χ0v) is 8.07. The molecule has 0 fully saturated rings. The Morgan fingerprint density at radius 1 is 1.08 bits per heavy atom. The van der Waals surface area contributed by atoms with Gasteiger partial charge in [-0.3, -0.25) is 0 Å². The lowest BCUT2D eigenvalue weighted by atomic mass is 10.6. The van der Waals surface area contributed by atoms with Crippen molar-refractivity contribution in [1.29, 1.82) is 0 Å². The summed E-state index contributed by atoms with van der Waals surface area (Å²) >= 11 is 0. The number of nitrogens with two attached hydrogens (primary N) is 1. The van der Waals surface area contributed by atoms with Gasteiger partial charge in [-0.15, -0.1) is 0 Å². The molecule has 0 aliphatic carbocycles. The predicted octanol–water partition coefficient (Wildman–Crippen LogP) is -0.667. The molecule has 1 atom stereocenters. The maximum absolute atomic E-state index is 8.37. The minimum absolute atomic E-state index is 0.0494. The monoisotopic (exact) mass is 193 g/mol. The number of rotatable bonds is 9. The molecule has 0 saturated heterocycles. The van der Waals surface area contributed by atoms with E-state index in [1.54, 1.807) is 6.92 Å². The van der Waals surface area contributed by atoms with Crippen molar-refractivity contribution in [3.8, 4) is 0 Å². The van der Waals surface area contributed by atoms with Crippen LogP contribution in [0.25, 0.3) is 0 Å². The third kappa shape index (κ3) is 11.8. The fourth-order valence-corrected chi connectivity index (χ4v) is 0.679. The van der Waals surface area contributed by atoms with Crippen molar-refractivity contribution < 1.29 is 19.3 Å². The SMILES string of the molecule is CC(N)OCCOCCOCCO. The summed E-state index contributed by atoms with van der Waals surface area (Å²) in [7, 11) is 0. The van der Waals surface area contributed by atoms with Crippen LogP contribution in [-0.4, -0.2) is 51.0 Å². The van der Waals surface area contributed by atoms with E-state index in [-0.39, 0.29) is 12.8 Å². The van der Waals surface area contributed by atoms with Crippen LogP contribution >= 0.6 is 0 Å². The van der Waals surface area contributed by atoms with E-state index in [9.17, 15) is 0 Å². The van der Waals surface area contributed by atoms with Gasteiger partial charge in [0.25, 0.3) is 0 Å². The van der Waals surface area contributed by atoms with Crippen molar-refractivity contribution in [2.24, 2.45) is 5.73 Å². The van der Waals surface area contributed by atoms with Crippen molar-refractivity contribution in [2.45, 2.75) is 13.2 Å². The summed E-state index contributed by atoms with van der Waals surface area (Å²) in [6.45, 7) is 4.21. The Labute approximate surface area is 78.8 Å². The zero-order chi connectivity index (χ0) is 9.94. The molecule has 0 aliphatic rings. The Morgan fingerprint density at radius 2 is 1.62 bits per heavy atom. The summed E-state index contributed by atoms with van der Waals surface area (Å²) in [6.07, 6.45) is -0.241. The van der Waals surface area contributed by atoms with Gasteiger partial charge in [-0.2, -0.15) is 0 Å². The van der Waals surface area contributed by atoms with Gasteiger partial charge >= 0.3 is 0 Å². The molecule has 5 nitrogen and oxygen atoms in total. The smallest absolute Gasteiger partial charge is 0.102 e. The van der Waals surface area contributed by atoms with Gasteiger partial charge < -0.3 is 25.1 Å². The van der Waals surface area contributed by atoms with E-state index in [0.717, 1.165) is 0 Å². The molecule has 0 rings (SSSR count). The van der Waals surface area contributed by atoms with Crippen molar-refractivity contribution >= 4 is 0 Å². The van der Waals surface area contributed by atoms with Crippen LogP contribution in [0.1, 0.15) is 6.92 Å². The first-order valence-electron chi connectivity index (χ1n) is 4.41. The number of aliphatic hydroxyl groups excluding tert-OH is 1. The highest BCUT2D eigenvalue weighted by Gasteiger charge is 1.93. The van der Waals surface area contributed by atoms with E-state index in [0.29, 0.717) is 33.0 Å². The first-order chi connectivity index (χ1) is 6.27. The molecule has 0 heterocycles. The van der Waals surface area contributed by atoms with Crippen LogP contribution in [0.4, 0.5) is 0 Å². The summed E-state index contributed by atoms with van der Waals surface area (Å²) in [4.78, 5) is 0. The summed E-state index contributed by atoms with van der Waals surface area (Å²) < 4.78 is 15.2. The third-order valence-electron chi connectivity index (χ3n) is 1.22. The molecule has 0 aromatic carbocycles. The number of aliphatic hydroxyl groups is 1. The first kappa shape index (κ1) is 12.8. The van der Waals surface area contributed by atoms with Crippen molar-refractivity contribution in [2.75, 3.05) is 39.6 Å². The highest BCUT2D eigenvalue weighted by atomic mass is 16.5. The van der Waals surface area contributed by atoms with Crippen LogP contribution in [0.3, 0.4) is 0 Å². The normalized spacial score (nSPS) is 13.2.